The van der Waals surface area contributed by atoms with E-state index in [1.54, 1.807) is 19.1 Å². The van der Waals surface area contributed by atoms with Crippen molar-refractivity contribution in [3.63, 3.8) is 0 Å². The van der Waals surface area contributed by atoms with Gasteiger partial charge >= 0.3 is 0 Å². The van der Waals surface area contributed by atoms with Gasteiger partial charge in [0.2, 0.25) is 0 Å². The van der Waals surface area contributed by atoms with Crippen LogP contribution in [-0.2, 0) is 6.42 Å². The fourth-order valence-electron chi connectivity index (χ4n) is 1.07. The predicted octanol–water partition coefficient (Wildman–Crippen LogP) is 4.06. The highest BCUT2D eigenvalue weighted by Gasteiger charge is 2.20. The van der Waals surface area contributed by atoms with Crippen LogP contribution in [0.2, 0.25) is 10.0 Å². The number of hydrogen-bond donors (Lipinski definition) is 0. The first-order valence-corrected chi connectivity index (χ1v) is 5.12. The van der Waals surface area contributed by atoms with Crippen LogP contribution in [-0.4, -0.2) is 4.87 Å². The normalized spacial score (nSPS) is 14.5. The zero-order chi connectivity index (χ0) is 10.8. The van der Waals surface area contributed by atoms with Crippen LogP contribution in [0.1, 0.15) is 12.5 Å². The van der Waals surface area contributed by atoms with Crippen LogP contribution in [0.5, 0.6) is 0 Å². The van der Waals surface area contributed by atoms with E-state index in [-0.39, 0.29) is 0 Å². The van der Waals surface area contributed by atoms with Gasteiger partial charge in [-0.2, -0.15) is 5.26 Å². The molecule has 0 saturated carbocycles. The van der Waals surface area contributed by atoms with Crippen molar-refractivity contribution in [2.45, 2.75) is 18.2 Å². The van der Waals surface area contributed by atoms with E-state index < -0.39 is 4.87 Å². The van der Waals surface area contributed by atoms with E-state index in [0.717, 1.165) is 5.56 Å². The molecule has 1 atom stereocenters. The van der Waals surface area contributed by atoms with Crippen molar-refractivity contribution in [2.24, 2.45) is 0 Å². The zero-order valence-corrected chi connectivity index (χ0v) is 9.79. The summed E-state index contributed by atoms with van der Waals surface area (Å²) >= 11 is 17.5. The van der Waals surface area contributed by atoms with Crippen molar-refractivity contribution in [3.05, 3.63) is 33.8 Å². The van der Waals surface area contributed by atoms with Gasteiger partial charge in [0.1, 0.15) is 4.87 Å². The third-order valence-corrected chi connectivity index (χ3v) is 2.71. The fraction of sp³-hybridized carbons (Fsp3) is 0.300. The van der Waals surface area contributed by atoms with Crippen LogP contribution in [0.25, 0.3) is 0 Å². The quantitative estimate of drug-likeness (QED) is 0.724. The Bertz CT molecular complexity index is 379. The van der Waals surface area contributed by atoms with Crippen LogP contribution in [0.3, 0.4) is 0 Å². The molecule has 0 aromatic heterocycles. The molecule has 0 spiro atoms. The summed E-state index contributed by atoms with van der Waals surface area (Å²) in [6, 6.07) is 7.25. The molecule has 0 fully saturated rings. The number of rotatable bonds is 2. The summed E-state index contributed by atoms with van der Waals surface area (Å²) in [5.74, 6) is 0. The molecule has 0 aliphatic heterocycles. The summed E-state index contributed by atoms with van der Waals surface area (Å²) in [4.78, 5) is -0.892. The average molecular weight is 249 g/mol. The second-order valence-corrected chi connectivity index (χ2v) is 4.88. The van der Waals surface area contributed by atoms with Gasteiger partial charge in [-0.1, -0.05) is 29.3 Å². The minimum absolute atomic E-state index is 0.446. The molecule has 14 heavy (non-hydrogen) atoms. The minimum atomic E-state index is -0.892. The highest BCUT2D eigenvalue weighted by atomic mass is 35.5. The van der Waals surface area contributed by atoms with E-state index in [4.69, 9.17) is 40.1 Å². The zero-order valence-electron chi connectivity index (χ0n) is 7.52. The number of halogens is 3. The van der Waals surface area contributed by atoms with Gasteiger partial charge in [-0.05, 0) is 24.6 Å². The Morgan fingerprint density at radius 2 is 2.00 bits per heavy atom. The molecule has 74 valence electrons. The Kier molecular flexibility index (Phi) is 3.66. The van der Waals surface area contributed by atoms with Crippen LogP contribution >= 0.6 is 34.8 Å². The monoisotopic (exact) mass is 247 g/mol. The summed E-state index contributed by atoms with van der Waals surface area (Å²) in [7, 11) is 0. The van der Waals surface area contributed by atoms with Gasteiger partial charge in [-0.15, -0.1) is 11.6 Å². The molecule has 0 N–H and O–H groups in total. The fourth-order valence-corrected chi connectivity index (χ4v) is 1.55. The van der Waals surface area contributed by atoms with Gasteiger partial charge in [0.05, 0.1) is 16.1 Å². The lowest BCUT2D eigenvalue weighted by atomic mass is 10.0. The topological polar surface area (TPSA) is 23.8 Å². The Balaban J connectivity index is 2.90. The average Bonchev–Trinajstić information content (AvgIpc) is 2.11. The van der Waals surface area contributed by atoms with Gasteiger partial charge in [-0.25, -0.2) is 0 Å². The molecule has 4 heteroatoms. The first-order chi connectivity index (χ1) is 6.44. The van der Waals surface area contributed by atoms with Crippen LogP contribution in [0.15, 0.2) is 18.2 Å². The minimum Gasteiger partial charge on any atom is -0.196 e. The molecule has 0 heterocycles. The van der Waals surface area contributed by atoms with Crippen LogP contribution < -0.4 is 0 Å². The largest absolute Gasteiger partial charge is 0.196 e. The molecule has 0 radical (unpaired) electrons. The van der Waals surface area contributed by atoms with Crippen LogP contribution in [0, 0.1) is 11.3 Å². The molecular weight excluding hydrogens is 240 g/mol. The van der Waals surface area contributed by atoms with Crippen molar-refractivity contribution in [1.29, 1.82) is 5.26 Å². The van der Waals surface area contributed by atoms with E-state index in [0.29, 0.717) is 16.5 Å². The van der Waals surface area contributed by atoms with Crippen molar-refractivity contribution < 1.29 is 0 Å². The number of nitrogens with zero attached hydrogens (tertiary/aromatic N) is 1. The number of hydrogen-bond acceptors (Lipinski definition) is 1. The SMILES string of the molecule is CC(Cl)(C#N)Cc1ccc(Cl)c(Cl)c1. The number of alkyl halides is 1. The summed E-state index contributed by atoms with van der Waals surface area (Å²) < 4.78 is 0. The van der Waals surface area contributed by atoms with Crippen molar-refractivity contribution in [3.8, 4) is 6.07 Å². The summed E-state index contributed by atoms with van der Waals surface area (Å²) in [6.45, 7) is 1.66. The highest BCUT2D eigenvalue weighted by molar-refractivity contribution is 6.42. The molecule has 1 unspecified atom stereocenters. The van der Waals surface area contributed by atoms with Crippen molar-refractivity contribution in [1.82, 2.24) is 0 Å². The standard InChI is InChI=1S/C10H8Cl3N/c1-10(13,6-14)5-7-2-3-8(11)9(12)4-7/h2-4H,5H2,1H3. The van der Waals surface area contributed by atoms with Gasteiger partial charge in [0.15, 0.2) is 0 Å². The third kappa shape index (κ3) is 3.06. The van der Waals surface area contributed by atoms with E-state index in [9.17, 15) is 0 Å². The van der Waals surface area contributed by atoms with Gasteiger partial charge < -0.3 is 0 Å². The Morgan fingerprint density at radius 3 is 2.50 bits per heavy atom. The van der Waals surface area contributed by atoms with E-state index in [1.165, 1.54) is 0 Å². The Morgan fingerprint density at radius 1 is 1.36 bits per heavy atom. The summed E-state index contributed by atoms with van der Waals surface area (Å²) in [6.07, 6.45) is 0.446. The van der Waals surface area contributed by atoms with Crippen molar-refractivity contribution >= 4 is 34.8 Å². The molecule has 0 saturated heterocycles. The molecule has 1 aromatic rings. The predicted molar refractivity (Wildman–Crippen MR) is 60.0 cm³/mol. The second kappa shape index (κ2) is 4.40. The second-order valence-electron chi connectivity index (χ2n) is 3.23. The van der Waals surface area contributed by atoms with Crippen LogP contribution in [0.4, 0.5) is 0 Å². The van der Waals surface area contributed by atoms with E-state index >= 15 is 0 Å². The van der Waals surface area contributed by atoms with E-state index in [2.05, 4.69) is 0 Å². The smallest absolute Gasteiger partial charge is 0.132 e. The van der Waals surface area contributed by atoms with Gasteiger partial charge in [0, 0.05) is 6.42 Å². The highest BCUT2D eigenvalue weighted by Crippen LogP contribution is 2.26. The lowest BCUT2D eigenvalue weighted by molar-refractivity contribution is 0.783. The lowest BCUT2D eigenvalue weighted by Crippen LogP contribution is -2.16. The first kappa shape index (κ1) is 11.7. The Labute approximate surface area is 98.2 Å². The molecular formula is C10H8Cl3N. The third-order valence-electron chi connectivity index (χ3n) is 1.75. The summed E-state index contributed by atoms with van der Waals surface area (Å²) in [5.41, 5.74) is 0.901. The maximum absolute atomic E-state index is 8.74. The maximum atomic E-state index is 8.74. The number of benzene rings is 1. The van der Waals surface area contributed by atoms with E-state index in [1.807, 2.05) is 12.1 Å². The molecule has 1 nitrogen and oxygen atoms in total. The van der Waals surface area contributed by atoms with Gasteiger partial charge in [0.25, 0.3) is 0 Å². The van der Waals surface area contributed by atoms with Crippen molar-refractivity contribution in [2.75, 3.05) is 0 Å². The summed E-state index contributed by atoms with van der Waals surface area (Å²) in [5, 5.41) is 9.72. The number of nitriles is 1. The molecule has 0 amide bonds. The molecule has 0 bridgehead atoms. The molecule has 0 aliphatic rings. The maximum Gasteiger partial charge on any atom is 0.132 e. The molecule has 0 aliphatic carbocycles. The molecule has 1 aromatic carbocycles. The van der Waals surface area contributed by atoms with Gasteiger partial charge in [-0.3, -0.25) is 0 Å². The Hall–Kier alpha value is -0.420. The first-order valence-electron chi connectivity index (χ1n) is 3.99. The molecule has 1 rings (SSSR count). The lowest BCUT2D eigenvalue weighted by Gasteiger charge is -2.12.